The molecule has 0 amide bonds. The maximum Gasteiger partial charge on any atom is 0.0292 e. The summed E-state index contributed by atoms with van der Waals surface area (Å²) in [6.45, 7) is 6.40. The zero-order valence-electron chi connectivity index (χ0n) is 11.4. The highest BCUT2D eigenvalue weighted by atomic mass is 14.6. The average Bonchev–Trinajstić information content (AvgIpc) is 2.38. The van der Waals surface area contributed by atoms with Crippen LogP contribution in [0.25, 0.3) is 11.1 Å². The van der Waals surface area contributed by atoms with Gasteiger partial charge < -0.3 is 5.73 Å². The Kier molecular flexibility index (Phi) is 3.83. The van der Waals surface area contributed by atoms with Crippen LogP contribution in [0.15, 0.2) is 42.5 Å². The van der Waals surface area contributed by atoms with Gasteiger partial charge >= 0.3 is 0 Å². The van der Waals surface area contributed by atoms with Crippen molar-refractivity contribution in [1.82, 2.24) is 0 Å². The zero-order valence-corrected chi connectivity index (χ0v) is 11.4. The maximum atomic E-state index is 6.03. The van der Waals surface area contributed by atoms with E-state index >= 15 is 0 Å². The third-order valence-corrected chi connectivity index (χ3v) is 3.47. The molecular weight excluding hydrogens is 218 g/mol. The van der Waals surface area contributed by atoms with Crippen molar-refractivity contribution >= 4 is 0 Å². The van der Waals surface area contributed by atoms with Gasteiger partial charge in [-0.1, -0.05) is 55.0 Å². The average molecular weight is 239 g/mol. The summed E-state index contributed by atoms with van der Waals surface area (Å²) in [5.41, 5.74) is 12.4. The molecule has 1 heteroatoms. The highest BCUT2D eigenvalue weighted by Gasteiger charge is 2.05. The summed E-state index contributed by atoms with van der Waals surface area (Å²) in [6, 6.07) is 15.4. The number of nitrogens with two attached hydrogens (primary N) is 1. The Bertz CT molecular complexity index is 526. The van der Waals surface area contributed by atoms with Crippen LogP contribution in [0.4, 0.5) is 0 Å². The van der Waals surface area contributed by atoms with E-state index < -0.39 is 0 Å². The normalized spacial score (nSPS) is 12.4. The summed E-state index contributed by atoms with van der Waals surface area (Å²) in [7, 11) is 0. The van der Waals surface area contributed by atoms with Crippen LogP contribution in [0.3, 0.4) is 0 Å². The van der Waals surface area contributed by atoms with Crippen molar-refractivity contribution in [3.8, 4) is 11.1 Å². The van der Waals surface area contributed by atoms with Crippen LogP contribution in [0.5, 0.6) is 0 Å². The predicted octanol–water partition coefficient (Wildman–Crippen LogP) is 4.38. The third-order valence-electron chi connectivity index (χ3n) is 3.47. The monoisotopic (exact) mass is 239 g/mol. The predicted molar refractivity (Wildman–Crippen MR) is 78.6 cm³/mol. The number of aryl methyl sites for hydroxylation is 2. The van der Waals surface area contributed by atoms with E-state index in [1.165, 1.54) is 27.8 Å². The first kappa shape index (κ1) is 12.8. The van der Waals surface area contributed by atoms with E-state index in [1.54, 1.807) is 0 Å². The minimum atomic E-state index is 0.151. The van der Waals surface area contributed by atoms with Gasteiger partial charge in [0.2, 0.25) is 0 Å². The Balaban J connectivity index is 2.34. The van der Waals surface area contributed by atoms with Gasteiger partial charge in [0.15, 0.2) is 0 Å². The molecule has 0 fully saturated rings. The van der Waals surface area contributed by atoms with E-state index in [9.17, 15) is 0 Å². The van der Waals surface area contributed by atoms with Gasteiger partial charge in [0.25, 0.3) is 0 Å². The van der Waals surface area contributed by atoms with E-state index in [1.807, 2.05) is 0 Å². The standard InChI is InChI=1S/C17H21N/c1-4-17(18)15-8-6-14(7-9-15)16-10-5-12(2)11-13(16)3/h5-11,17H,4,18H2,1-3H3. The molecule has 0 saturated carbocycles. The van der Waals surface area contributed by atoms with E-state index in [-0.39, 0.29) is 6.04 Å². The number of rotatable bonds is 3. The molecule has 0 spiro atoms. The Morgan fingerprint density at radius 1 is 1.00 bits per heavy atom. The van der Waals surface area contributed by atoms with Crippen LogP contribution in [0.2, 0.25) is 0 Å². The molecule has 18 heavy (non-hydrogen) atoms. The van der Waals surface area contributed by atoms with Crippen molar-refractivity contribution in [3.63, 3.8) is 0 Å². The molecule has 2 aromatic carbocycles. The molecule has 2 rings (SSSR count). The van der Waals surface area contributed by atoms with E-state index in [4.69, 9.17) is 5.73 Å². The molecule has 0 aliphatic rings. The molecule has 0 aliphatic carbocycles. The molecule has 0 radical (unpaired) electrons. The number of hydrogen-bond acceptors (Lipinski definition) is 1. The molecule has 0 aliphatic heterocycles. The molecule has 1 nitrogen and oxygen atoms in total. The summed E-state index contributed by atoms with van der Waals surface area (Å²) < 4.78 is 0. The lowest BCUT2D eigenvalue weighted by Crippen LogP contribution is -2.08. The number of hydrogen-bond donors (Lipinski definition) is 1. The fourth-order valence-electron chi connectivity index (χ4n) is 2.28. The molecule has 94 valence electrons. The summed E-state index contributed by atoms with van der Waals surface area (Å²) in [6.07, 6.45) is 0.975. The van der Waals surface area contributed by atoms with Gasteiger partial charge in [-0.15, -0.1) is 0 Å². The molecule has 0 heterocycles. The van der Waals surface area contributed by atoms with Crippen molar-refractivity contribution in [1.29, 1.82) is 0 Å². The minimum Gasteiger partial charge on any atom is -0.324 e. The topological polar surface area (TPSA) is 26.0 Å². The van der Waals surface area contributed by atoms with Gasteiger partial charge in [-0.2, -0.15) is 0 Å². The second kappa shape index (κ2) is 5.36. The summed E-state index contributed by atoms with van der Waals surface area (Å²) in [5, 5.41) is 0. The van der Waals surface area contributed by atoms with Crippen molar-refractivity contribution in [2.45, 2.75) is 33.2 Å². The number of benzene rings is 2. The molecule has 0 aromatic heterocycles. The van der Waals surface area contributed by atoms with Gasteiger partial charge in [0.1, 0.15) is 0 Å². The van der Waals surface area contributed by atoms with Gasteiger partial charge in [0, 0.05) is 6.04 Å². The minimum absolute atomic E-state index is 0.151. The molecule has 2 aromatic rings. The lowest BCUT2D eigenvalue weighted by Gasteiger charge is -2.11. The van der Waals surface area contributed by atoms with E-state index in [2.05, 4.69) is 63.2 Å². The first-order chi connectivity index (χ1) is 8.61. The Morgan fingerprint density at radius 3 is 2.22 bits per heavy atom. The summed E-state index contributed by atoms with van der Waals surface area (Å²) in [4.78, 5) is 0. The second-order valence-electron chi connectivity index (χ2n) is 4.96. The van der Waals surface area contributed by atoms with Crippen molar-refractivity contribution < 1.29 is 0 Å². The lowest BCUT2D eigenvalue weighted by atomic mass is 9.96. The fraction of sp³-hybridized carbons (Fsp3) is 0.294. The van der Waals surface area contributed by atoms with E-state index in [0.29, 0.717) is 0 Å². The molecule has 0 saturated heterocycles. The van der Waals surface area contributed by atoms with Crippen LogP contribution in [0.1, 0.15) is 36.1 Å². The van der Waals surface area contributed by atoms with Crippen LogP contribution in [-0.2, 0) is 0 Å². The third kappa shape index (κ3) is 2.62. The van der Waals surface area contributed by atoms with E-state index in [0.717, 1.165) is 6.42 Å². The lowest BCUT2D eigenvalue weighted by molar-refractivity contribution is 0.699. The van der Waals surface area contributed by atoms with Crippen LogP contribution in [0, 0.1) is 13.8 Å². The van der Waals surface area contributed by atoms with Crippen LogP contribution < -0.4 is 5.73 Å². The maximum absolute atomic E-state index is 6.03. The van der Waals surface area contributed by atoms with Gasteiger partial charge in [0.05, 0.1) is 0 Å². The van der Waals surface area contributed by atoms with Gasteiger partial charge in [-0.05, 0) is 42.5 Å². The first-order valence-corrected chi connectivity index (χ1v) is 6.55. The molecule has 1 atom stereocenters. The Hall–Kier alpha value is -1.60. The fourth-order valence-corrected chi connectivity index (χ4v) is 2.28. The first-order valence-electron chi connectivity index (χ1n) is 6.55. The smallest absolute Gasteiger partial charge is 0.0292 e. The summed E-state index contributed by atoms with van der Waals surface area (Å²) in [5.74, 6) is 0. The summed E-state index contributed by atoms with van der Waals surface area (Å²) >= 11 is 0. The van der Waals surface area contributed by atoms with Crippen molar-refractivity contribution in [2.24, 2.45) is 5.73 Å². The SMILES string of the molecule is CCC(N)c1ccc(-c2ccc(C)cc2C)cc1. The highest BCUT2D eigenvalue weighted by molar-refractivity contribution is 5.67. The van der Waals surface area contributed by atoms with Gasteiger partial charge in [-0.25, -0.2) is 0 Å². The Morgan fingerprint density at radius 2 is 1.67 bits per heavy atom. The molecular formula is C17H21N. The van der Waals surface area contributed by atoms with Crippen molar-refractivity contribution in [2.75, 3.05) is 0 Å². The van der Waals surface area contributed by atoms with Crippen LogP contribution in [-0.4, -0.2) is 0 Å². The second-order valence-corrected chi connectivity index (χ2v) is 4.96. The molecule has 2 N–H and O–H groups in total. The Labute approximate surface area is 110 Å². The van der Waals surface area contributed by atoms with Crippen molar-refractivity contribution in [3.05, 3.63) is 59.2 Å². The molecule has 1 unspecified atom stereocenters. The molecule has 0 bridgehead atoms. The van der Waals surface area contributed by atoms with Crippen LogP contribution >= 0.6 is 0 Å². The quantitative estimate of drug-likeness (QED) is 0.845. The zero-order chi connectivity index (χ0) is 13.1. The highest BCUT2D eigenvalue weighted by Crippen LogP contribution is 2.25. The largest absolute Gasteiger partial charge is 0.324 e. The van der Waals surface area contributed by atoms with Gasteiger partial charge in [-0.3, -0.25) is 0 Å².